The van der Waals surface area contributed by atoms with Gasteiger partial charge in [0.15, 0.2) is 0 Å². The fourth-order valence-electron chi connectivity index (χ4n) is 3.87. The van der Waals surface area contributed by atoms with Gasteiger partial charge in [0.2, 0.25) is 0 Å². The second-order valence-corrected chi connectivity index (χ2v) is 19.8. The third kappa shape index (κ3) is 4.06. The van der Waals surface area contributed by atoms with Crippen LogP contribution in [0.15, 0.2) is 95.9 Å². The first-order valence-corrected chi connectivity index (χ1v) is 16.3. The summed E-state index contributed by atoms with van der Waals surface area (Å²) in [5.74, 6) is 0. The standard InChI is InChI=1S/C23H28SSi2/c1-25(2,21-16-10-6-11-17-21)23(24-20-14-8-5-9-15-20)26(3,4)22-18-12-7-13-19-22/h5-19,23H,1-4H3. The third-order valence-electron chi connectivity index (χ3n) is 5.34. The van der Waals surface area contributed by atoms with Gasteiger partial charge in [-0.2, -0.15) is 0 Å². The van der Waals surface area contributed by atoms with E-state index < -0.39 is 16.1 Å². The Bertz CT molecular complexity index is 763. The van der Waals surface area contributed by atoms with Gasteiger partial charge in [0.1, 0.15) is 0 Å². The molecule has 0 atom stereocenters. The molecule has 3 aromatic carbocycles. The molecule has 0 heterocycles. The maximum atomic E-state index is 2.56. The van der Waals surface area contributed by atoms with Crippen molar-refractivity contribution in [3.8, 4) is 0 Å². The van der Waals surface area contributed by atoms with Gasteiger partial charge in [0.25, 0.3) is 0 Å². The molecule has 3 aromatic rings. The molecule has 0 bridgehead atoms. The van der Waals surface area contributed by atoms with Crippen LogP contribution < -0.4 is 10.4 Å². The van der Waals surface area contributed by atoms with Gasteiger partial charge in [0, 0.05) is 9.39 Å². The van der Waals surface area contributed by atoms with E-state index in [0.717, 1.165) is 0 Å². The van der Waals surface area contributed by atoms with Crippen molar-refractivity contribution in [1.82, 2.24) is 0 Å². The number of thioether (sulfide) groups is 1. The van der Waals surface area contributed by atoms with Crippen molar-refractivity contribution in [2.75, 3.05) is 0 Å². The minimum Gasteiger partial charge on any atom is -0.128 e. The van der Waals surface area contributed by atoms with Crippen molar-refractivity contribution in [2.45, 2.75) is 35.6 Å². The molecule has 0 aliphatic rings. The summed E-state index contributed by atoms with van der Waals surface area (Å²) in [5, 5.41) is 3.12. The van der Waals surface area contributed by atoms with Crippen LogP contribution in [0.1, 0.15) is 0 Å². The molecule has 0 nitrogen and oxygen atoms in total. The van der Waals surface area contributed by atoms with Crippen molar-refractivity contribution >= 4 is 38.3 Å². The minimum atomic E-state index is -1.69. The summed E-state index contributed by atoms with van der Waals surface area (Å²) >= 11 is 2.12. The first-order valence-electron chi connectivity index (χ1n) is 9.25. The van der Waals surface area contributed by atoms with E-state index in [1.165, 1.54) is 4.90 Å². The molecule has 26 heavy (non-hydrogen) atoms. The average Bonchev–Trinajstić information content (AvgIpc) is 2.68. The van der Waals surface area contributed by atoms with Crippen molar-refractivity contribution in [3.05, 3.63) is 91.0 Å². The largest absolute Gasteiger partial charge is 0.128 e. The van der Waals surface area contributed by atoms with Crippen LogP contribution in [0.4, 0.5) is 0 Å². The molecule has 3 heteroatoms. The number of hydrogen-bond donors (Lipinski definition) is 0. The lowest BCUT2D eigenvalue weighted by molar-refractivity contribution is 1.43. The van der Waals surface area contributed by atoms with Gasteiger partial charge in [-0.05, 0) is 12.1 Å². The van der Waals surface area contributed by atoms with E-state index in [1.54, 1.807) is 10.4 Å². The Balaban J connectivity index is 2.07. The summed E-state index contributed by atoms with van der Waals surface area (Å²) < 4.78 is 0.655. The topological polar surface area (TPSA) is 0 Å². The van der Waals surface area contributed by atoms with Crippen LogP contribution >= 0.6 is 11.8 Å². The predicted octanol–water partition coefficient (Wildman–Crippen LogP) is 5.46. The second kappa shape index (κ2) is 7.99. The van der Waals surface area contributed by atoms with E-state index in [1.807, 2.05) is 0 Å². The third-order valence-corrected chi connectivity index (χ3v) is 21.0. The molecule has 134 valence electrons. The maximum absolute atomic E-state index is 2.56. The van der Waals surface area contributed by atoms with E-state index in [-0.39, 0.29) is 0 Å². The van der Waals surface area contributed by atoms with Gasteiger partial charge in [0.05, 0.1) is 16.1 Å². The number of benzene rings is 3. The lowest BCUT2D eigenvalue weighted by atomic mass is 10.4. The second-order valence-electron chi connectivity index (χ2n) is 7.99. The molecule has 0 radical (unpaired) electrons. The molecule has 0 unspecified atom stereocenters. The average molecular weight is 393 g/mol. The van der Waals surface area contributed by atoms with Crippen molar-refractivity contribution in [2.24, 2.45) is 0 Å². The van der Waals surface area contributed by atoms with Gasteiger partial charge in [-0.3, -0.25) is 0 Å². The Hall–Kier alpha value is -1.56. The first-order chi connectivity index (χ1) is 12.4. The van der Waals surface area contributed by atoms with E-state index >= 15 is 0 Å². The summed E-state index contributed by atoms with van der Waals surface area (Å²) in [4.78, 5) is 1.39. The lowest BCUT2D eigenvalue weighted by Crippen LogP contribution is -2.66. The Morgan fingerprint density at radius 3 is 1.27 bits per heavy atom. The Morgan fingerprint density at radius 1 is 0.538 bits per heavy atom. The predicted molar refractivity (Wildman–Crippen MR) is 123 cm³/mol. The zero-order valence-electron chi connectivity index (χ0n) is 16.1. The Labute approximate surface area is 164 Å². The monoisotopic (exact) mass is 392 g/mol. The first kappa shape index (κ1) is 19.2. The summed E-state index contributed by atoms with van der Waals surface area (Å²) in [6, 6.07) is 33.4. The smallest absolute Gasteiger partial charge is 0.0918 e. The van der Waals surface area contributed by atoms with E-state index in [0.29, 0.717) is 4.50 Å². The van der Waals surface area contributed by atoms with Gasteiger partial charge >= 0.3 is 0 Å². The molecule has 0 fully saturated rings. The fraction of sp³-hybridized carbons (Fsp3) is 0.217. The van der Waals surface area contributed by atoms with E-state index in [9.17, 15) is 0 Å². The van der Waals surface area contributed by atoms with Gasteiger partial charge < -0.3 is 0 Å². The van der Waals surface area contributed by atoms with Gasteiger partial charge in [-0.25, -0.2) is 0 Å². The molecule has 0 aliphatic heterocycles. The zero-order chi connectivity index (χ0) is 18.6. The minimum absolute atomic E-state index is 0.655. The summed E-state index contributed by atoms with van der Waals surface area (Å²) in [7, 11) is -3.37. The SMILES string of the molecule is C[Si](C)(c1ccccc1)C(Sc1ccccc1)[Si](C)(C)c1ccccc1. The fourth-order valence-corrected chi connectivity index (χ4v) is 19.4. The summed E-state index contributed by atoms with van der Waals surface area (Å²) in [6.45, 7) is 10.2. The lowest BCUT2D eigenvalue weighted by Gasteiger charge is -2.42. The molecule has 3 rings (SSSR count). The van der Waals surface area contributed by atoms with Crippen LogP contribution in [0.5, 0.6) is 0 Å². The van der Waals surface area contributed by atoms with Gasteiger partial charge in [-0.15, -0.1) is 11.8 Å². The summed E-state index contributed by atoms with van der Waals surface area (Å²) in [6.07, 6.45) is 0. The maximum Gasteiger partial charge on any atom is 0.0918 e. The van der Waals surface area contributed by atoms with Crippen LogP contribution in [0.2, 0.25) is 26.2 Å². The van der Waals surface area contributed by atoms with Crippen LogP contribution in [0.3, 0.4) is 0 Å². The highest BCUT2D eigenvalue weighted by Gasteiger charge is 2.46. The summed E-state index contributed by atoms with van der Waals surface area (Å²) in [5.41, 5.74) is 0. The zero-order valence-corrected chi connectivity index (χ0v) is 19.0. The molecule has 0 saturated heterocycles. The van der Waals surface area contributed by atoms with Crippen molar-refractivity contribution in [3.63, 3.8) is 0 Å². The molecule has 0 spiro atoms. The number of hydrogen-bond acceptors (Lipinski definition) is 1. The highest BCUT2D eigenvalue weighted by Crippen LogP contribution is 2.35. The normalized spacial score (nSPS) is 12.3. The van der Waals surface area contributed by atoms with Crippen LogP contribution in [-0.4, -0.2) is 20.6 Å². The van der Waals surface area contributed by atoms with Crippen LogP contribution in [0, 0.1) is 0 Å². The molecule has 0 aromatic heterocycles. The van der Waals surface area contributed by atoms with E-state index in [2.05, 4.69) is 129 Å². The molecular formula is C23H28SSi2. The number of rotatable bonds is 6. The highest BCUT2D eigenvalue weighted by molar-refractivity contribution is 8.04. The molecule has 0 aliphatic carbocycles. The molecular weight excluding hydrogens is 364 g/mol. The van der Waals surface area contributed by atoms with E-state index in [4.69, 9.17) is 0 Å². The highest BCUT2D eigenvalue weighted by atomic mass is 32.2. The van der Waals surface area contributed by atoms with Crippen molar-refractivity contribution in [1.29, 1.82) is 0 Å². The van der Waals surface area contributed by atoms with Crippen LogP contribution in [0.25, 0.3) is 0 Å². The van der Waals surface area contributed by atoms with Crippen molar-refractivity contribution < 1.29 is 0 Å². The van der Waals surface area contributed by atoms with Gasteiger partial charge in [-0.1, -0.05) is 115 Å². The quantitative estimate of drug-likeness (QED) is 0.397. The Kier molecular flexibility index (Phi) is 5.90. The van der Waals surface area contributed by atoms with Crippen LogP contribution in [-0.2, 0) is 0 Å². The molecule has 0 amide bonds. The molecule has 0 saturated carbocycles. The molecule has 0 N–H and O–H groups in total. The Morgan fingerprint density at radius 2 is 0.885 bits per heavy atom.